The Hall–Kier alpha value is -5.60. The topological polar surface area (TPSA) is 25.8 Å². The zero-order valence-electron chi connectivity index (χ0n) is 26.4. The predicted molar refractivity (Wildman–Crippen MR) is 194 cm³/mol. The molecule has 0 radical (unpaired) electrons. The molecule has 6 aromatic carbocycles. The fourth-order valence-electron chi connectivity index (χ4n) is 7.53. The van der Waals surface area contributed by atoms with Crippen LogP contribution in [0.2, 0.25) is 0 Å². The van der Waals surface area contributed by atoms with Crippen molar-refractivity contribution in [3.05, 3.63) is 144 Å². The summed E-state index contributed by atoms with van der Waals surface area (Å²) in [4.78, 5) is 10.2. The van der Waals surface area contributed by atoms with Gasteiger partial charge in [-0.3, -0.25) is 4.98 Å². The van der Waals surface area contributed by atoms with Gasteiger partial charge in [-0.1, -0.05) is 103 Å². The molecule has 2 heteroatoms. The first kappa shape index (κ1) is 26.8. The van der Waals surface area contributed by atoms with E-state index in [0.717, 1.165) is 22.3 Å². The molecule has 2 nitrogen and oxygen atoms in total. The van der Waals surface area contributed by atoms with Crippen LogP contribution in [0.4, 0.5) is 0 Å². The molecule has 1 aliphatic carbocycles. The highest BCUT2D eigenvalue weighted by Gasteiger charge is 2.22. The molecule has 0 atom stereocenters. The van der Waals surface area contributed by atoms with E-state index in [9.17, 15) is 0 Å². The van der Waals surface area contributed by atoms with Crippen LogP contribution in [0, 0.1) is 27.7 Å². The quantitative estimate of drug-likeness (QED) is 0.192. The van der Waals surface area contributed by atoms with E-state index in [4.69, 9.17) is 9.97 Å². The van der Waals surface area contributed by atoms with Gasteiger partial charge in [0, 0.05) is 22.5 Å². The molecule has 0 spiro atoms. The maximum Gasteiger partial charge on any atom is 0.0975 e. The van der Waals surface area contributed by atoms with E-state index in [1.807, 2.05) is 6.20 Å². The molecule has 2 heterocycles. The molecule has 0 aliphatic heterocycles. The summed E-state index contributed by atoms with van der Waals surface area (Å²) in [5, 5.41) is 5.00. The van der Waals surface area contributed by atoms with Crippen LogP contribution in [0.5, 0.6) is 0 Å². The monoisotopic (exact) mass is 588 g/mol. The molecule has 0 saturated carbocycles. The van der Waals surface area contributed by atoms with Crippen molar-refractivity contribution < 1.29 is 0 Å². The lowest BCUT2D eigenvalue weighted by Gasteiger charge is -2.15. The van der Waals surface area contributed by atoms with Gasteiger partial charge in [0.2, 0.25) is 0 Å². The Bertz CT molecular complexity index is 2540. The largest absolute Gasteiger partial charge is 0.254 e. The summed E-state index contributed by atoms with van der Waals surface area (Å²) < 4.78 is 0. The normalized spacial score (nSPS) is 11.9. The lowest BCUT2D eigenvalue weighted by atomic mass is 9.92. The number of benzene rings is 6. The van der Waals surface area contributed by atoms with Crippen LogP contribution >= 0.6 is 0 Å². The Kier molecular flexibility index (Phi) is 5.79. The lowest BCUT2D eigenvalue weighted by molar-refractivity contribution is 1.25. The van der Waals surface area contributed by atoms with Crippen LogP contribution in [0.1, 0.15) is 22.3 Å². The van der Waals surface area contributed by atoms with E-state index >= 15 is 0 Å². The number of rotatable bonds is 3. The Morgan fingerprint density at radius 2 is 1.00 bits per heavy atom. The van der Waals surface area contributed by atoms with Gasteiger partial charge in [-0.2, -0.15) is 0 Å². The van der Waals surface area contributed by atoms with Gasteiger partial charge in [-0.25, -0.2) is 4.98 Å². The summed E-state index contributed by atoms with van der Waals surface area (Å²) in [5.41, 5.74) is 19.2. The lowest BCUT2D eigenvalue weighted by Crippen LogP contribution is -1.97. The van der Waals surface area contributed by atoms with Crippen molar-refractivity contribution in [1.29, 1.82) is 0 Å². The van der Waals surface area contributed by atoms with Crippen LogP contribution in [0.3, 0.4) is 0 Å². The van der Waals surface area contributed by atoms with Crippen LogP contribution in [-0.4, -0.2) is 9.97 Å². The zero-order chi connectivity index (χ0) is 31.1. The second-order valence-electron chi connectivity index (χ2n) is 12.7. The third kappa shape index (κ3) is 3.83. The molecule has 0 bridgehead atoms. The van der Waals surface area contributed by atoms with Crippen LogP contribution in [-0.2, 0) is 0 Å². The molecule has 9 rings (SSSR count). The summed E-state index contributed by atoms with van der Waals surface area (Å²) >= 11 is 0. The van der Waals surface area contributed by atoms with E-state index < -0.39 is 0 Å². The zero-order valence-corrected chi connectivity index (χ0v) is 26.4. The van der Waals surface area contributed by atoms with E-state index in [0.29, 0.717) is 0 Å². The minimum Gasteiger partial charge on any atom is -0.254 e. The highest BCUT2D eigenvalue weighted by atomic mass is 14.8. The standard InChI is InChI=1S/C44H32N2/c1-25-24-45-43-33(26(25)2)18-19-34-27(3)28(4)42(46-44(34)43)32-13-8-11-30(23-32)29-10-7-12-31(22-29)35-20-21-40-37-15-6-5-14-36(37)39-17-9-16-38(35)41(39)40/h5-24H,1-4H3. The van der Waals surface area contributed by atoms with Gasteiger partial charge in [0.15, 0.2) is 0 Å². The molecule has 0 unspecified atom stereocenters. The Labute approximate surface area is 269 Å². The SMILES string of the molecule is Cc1cnc2c(ccc3c(C)c(C)c(-c4cccc(-c5cccc(-c6ccc7c8c(cccc68)-c6ccccc6-7)c5)c4)nc32)c1C. The summed E-state index contributed by atoms with van der Waals surface area (Å²) in [5.74, 6) is 0. The molecule has 46 heavy (non-hydrogen) atoms. The first-order valence-corrected chi connectivity index (χ1v) is 16.0. The van der Waals surface area contributed by atoms with Crippen molar-refractivity contribution in [2.75, 3.05) is 0 Å². The Morgan fingerprint density at radius 1 is 0.413 bits per heavy atom. The molecule has 1 aliphatic rings. The number of hydrogen-bond acceptors (Lipinski definition) is 2. The molecule has 0 fully saturated rings. The van der Waals surface area contributed by atoms with Crippen molar-refractivity contribution >= 4 is 32.6 Å². The molecule has 8 aromatic rings. The van der Waals surface area contributed by atoms with Gasteiger partial charge < -0.3 is 0 Å². The average molecular weight is 589 g/mol. The number of pyridine rings is 2. The van der Waals surface area contributed by atoms with Gasteiger partial charge in [0.1, 0.15) is 0 Å². The first-order valence-electron chi connectivity index (χ1n) is 16.0. The third-order valence-corrected chi connectivity index (χ3v) is 10.3. The van der Waals surface area contributed by atoms with Crippen molar-refractivity contribution in [1.82, 2.24) is 9.97 Å². The van der Waals surface area contributed by atoms with Gasteiger partial charge in [0.25, 0.3) is 0 Å². The Balaban J connectivity index is 1.17. The molecule has 0 saturated heterocycles. The fraction of sp³-hybridized carbons (Fsp3) is 0.0909. The highest BCUT2D eigenvalue weighted by Crippen LogP contribution is 2.49. The number of aryl methyl sites for hydroxylation is 3. The second kappa shape index (κ2) is 9.95. The highest BCUT2D eigenvalue weighted by molar-refractivity contribution is 6.18. The predicted octanol–water partition coefficient (Wildman–Crippen LogP) is 11.8. The van der Waals surface area contributed by atoms with Gasteiger partial charge in [0.05, 0.1) is 16.7 Å². The van der Waals surface area contributed by atoms with Crippen molar-refractivity contribution in [2.24, 2.45) is 0 Å². The van der Waals surface area contributed by atoms with Gasteiger partial charge in [-0.05, 0) is 117 Å². The summed E-state index contributed by atoms with van der Waals surface area (Å²) in [6.07, 6.45) is 1.97. The molecular weight excluding hydrogens is 556 g/mol. The number of aromatic nitrogens is 2. The minimum atomic E-state index is 0.973. The van der Waals surface area contributed by atoms with Gasteiger partial charge in [-0.15, -0.1) is 0 Å². The molecule has 0 amide bonds. The van der Waals surface area contributed by atoms with E-state index in [-0.39, 0.29) is 0 Å². The maximum atomic E-state index is 5.32. The summed E-state index contributed by atoms with van der Waals surface area (Å²) in [6.45, 7) is 8.69. The van der Waals surface area contributed by atoms with Crippen molar-refractivity contribution in [2.45, 2.75) is 27.7 Å². The van der Waals surface area contributed by atoms with E-state index in [2.05, 4.69) is 143 Å². The van der Waals surface area contributed by atoms with Crippen LogP contribution in [0.15, 0.2) is 121 Å². The Morgan fingerprint density at radius 3 is 1.76 bits per heavy atom. The smallest absolute Gasteiger partial charge is 0.0975 e. The van der Waals surface area contributed by atoms with E-state index in [1.54, 1.807) is 0 Å². The second-order valence-corrected chi connectivity index (χ2v) is 12.7. The van der Waals surface area contributed by atoms with Crippen LogP contribution in [0.25, 0.3) is 88.3 Å². The minimum absolute atomic E-state index is 0.973. The van der Waals surface area contributed by atoms with E-state index in [1.165, 1.54) is 88.3 Å². The molecule has 218 valence electrons. The van der Waals surface area contributed by atoms with Crippen LogP contribution < -0.4 is 0 Å². The van der Waals surface area contributed by atoms with Crippen molar-refractivity contribution in [3.8, 4) is 55.8 Å². The average Bonchev–Trinajstić information content (AvgIpc) is 3.43. The maximum absolute atomic E-state index is 5.32. The van der Waals surface area contributed by atoms with Crippen molar-refractivity contribution in [3.63, 3.8) is 0 Å². The number of nitrogens with zero attached hydrogens (tertiary/aromatic N) is 2. The third-order valence-electron chi connectivity index (χ3n) is 10.3. The van der Waals surface area contributed by atoms with Gasteiger partial charge >= 0.3 is 0 Å². The summed E-state index contributed by atoms with van der Waals surface area (Å²) in [7, 11) is 0. The first-order chi connectivity index (χ1) is 22.5. The number of fused-ring (bicyclic) bond motifs is 6. The molecular formula is C44H32N2. The molecule has 2 aromatic heterocycles. The molecule has 0 N–H and O–H groups in total. The number of hydrogen-bond donors (Lipinski definition) is 0. The summed E-state index contributed by atoms with van der Waals surface area (Å²) in [6, 6.07) is 42.3. The fourth-order valence-corrected chi connectivity index (χ4v) is 7.53.